The number of hydrazone groups is 1. The lowest BCUT2D eigenvalue weighted by Gasteiger charge is -2.39. The van der Waals surface area contributed by atoms with Gasteiger partial charge in [-0.15, -0.1) is 0 Å². The Morgan fingerprint density at radius 2 is 2.00 bits per heavy atom. The predicted octanol–water partition coefficient (Wildman–Crippen LogP) is 2.59. The lowest BCUT2D eigenvalue weighted by atomic mass is 9.85. The third-order valence-electron chi connectivity index (χ3n) is 5.60. The fourth-order valence-corrected chi connectivity index (χ4v) is 4.05. The van der Waals surface area contributed by atoms with Gasteiger partial charge in [0, 0.05) is 13.1 Å². The third kappa shape index (κ3) is 3.34. The van der Waals surface area contributed by atoms with Gasteiger partial charge in [-0.05, 0) is 43.4 Å². The molecule has 4 rings (SSSR count). The van der Waals surface area contributed by atoms with Crippen molar-refractivity contribution < 1.29 is 32.6 Å². The Balaban J connectivity index is 1.77. The minimum absolute atomic E-state index is 0.0459. The predicted molar refractivity (Wildman–Crippen MR) is 96.0 cm³/mol. The number of amidine groups is 1. The van der Waals surface area contributed by atoms with Gasteiger partial charge in [0.25, 0.3) is 5.91 Å². The van der Waals surface area contributed by atoms with Crippen molar-refractivity contribution in [1.82, 2.24) is 10.3 Å². The summed E-state index contributed by atoms with van der Waals surface area (Å²) in [6.07, 6.45) is -5.10. The molecule has 0 saturated carbocycles. The van der Waals surface area contributed by atoms with E-state index in [1.165, 1.54) is 11.0 Å². The maximum absolute atomic E-state index is 13.8. The summed E-state index contributed by atoms with van der Waals surface area (Å²) in [6, 6.07) is 1.75. The van der Waals surface area contributed by atoms with Crippen LogP contribution in [0.15, 0.2) is 17.2 Å². The van der Waals surface area contributed by atoms with Crippen molar-refractivity contribution in [2.24, 2.45) is 5.10 Å². The van der Waals surface area contributed by atoms with Crippen molar-refractivity contribution >= 4 is 23.5 Å². The van der Waals surface area contributed by atoms with Crippen LogP contribution < -0.4 is 15.1 Å². The lowest BCUT2D eigenvalue weighted by Crippen LogP contribution is -2.55. The van der Waals surface area contributed by atoms with E-state index in [-0.39, 0.29) is 49.8 Å². The lowest BCUT2D eigenvalue weighted by molar-refractivity contribution is -0.138. The first-order valence-electron chi connectivity index (χ1n) is 9.18. The van der Waals surface area contributed by atoms with E-state index in [1.807, 2.05) is 0 Å². The molecule has 1 saturated heterocycles. The standard InChI is InChI=1S/C18H19F3N4O4/c1-9-16(26)23-22-15-8-29-14-7-12(18(19,20)21)11(6-13(14)25(9)15)10-2-4-24(5-3-10)17(27)28/h6-7,9-10H,2-5,8H2,1H3,(H,23,26)(H,27,28). The maximum atomic E-state index is 13.8. The molecular weight excluding hydrogens is 393 g/mol. The average molecular weight is 412 g/mol. The van der Waals surface area contributed by atoms with Gasteiger partial charge in [0.1, 0.15) is 18.4 Å². The molecule has 1 atom stereocenters. The molecule has 156 valence electrons. The van der Waals surface area contributed by atoms with Crippen LogP contribution in [0.4, 0.5) is 23.7 Å². The summed E-state index contributed by atoms with van der Waals surface area (Å²) in [5.74, 6) is -0.359. The number of hydrogen-bond donors (Lipinski definition) is 2. The van der Waals surface area contributed by atoms with E-state index >= 15 is 0 Å². The largest absolute Gasteiger partial charge is 0.483 e. The molecule has 3 heterocycles. The number of piperidine rings is 1. The highest BCUT2D eigenvalue weighted by Gasteiger charge is 2.41. The summed E-state index contributed by atoms with van der Waals surface area (Å²) >= 11 is 0. The molecule has 0 aromatic heterocycles. The second-order valence-corrected chi connectivity index (χ2v) is 7.29. The Hall–Kier alpha value is -2.98. The summed E-state index contributed by atoms with van der Waals surface area (Å²) in [4.78, 5) is 25.9. The van der Waals surface area contributed by atoms with Gasteiger partial charge in [-0.25, -0.2) is 10.2 Å². The number of carbonyl (C=O) groups excluding carboxylic acids is 1. The molecule has 2 amide bonds. The monoisotopic (exact) mass is 412 g/mol. The van der Waals surface area contributed by atoms with Crippen LogP contribution in [-0.4, -0.2) is 53.6 Å². The average Bonchev–Trinajstić information content (AvgIpc) is 2.68. The third-order valence-corrected chi connectivity index (χ3v) is 5.60. The van der Waals surface area contributed by atoms with Gasteiger partial charge in [-0.2, -0.15) is 18.3 Å². The summed E-state index contributed by atoms with van der Waals surface area (Å²) < 4.78 is 46.9. The van der Waals surface area contributed by atoms with Gasteiger partial charge in [0.2, 0.25) is 0 Å². The smallest absolute Gasteiger partial charge is 0.416 e. The highest BCUT2D eigenvalue weighted by atomic mass is 19.4. The molecule has 3 aliphatic heterocycles. The zero-order valence-corrected chi connectivity index (χ0v) is 15.5. The minimum Gasteiger partial charge on any atom is -0.483 e. The van der Waals surface area contributed by atoms with E-state index < -0.39 is 29.8 Å². The molecule has 0 radical (unpaired) electrons. The highest BCUT2D eigenvalue weighted by Crippen LogP contribution is 2.46. The number of rotatable bonds is 1. The Bertz CT molecular complexity index is 894. The number of nitrogens with zero attached hydrogens (tertiary/aromatic N) is 3. The second-order valence-electron chi connectivity index (χ2n) is 7.29. The quantitative estimate of drug-likeness (QED) is 0.740. The van der Waals surface area contributed by atoms with Gasteiger partial charge in [-0.1, -0.05) is 0 Å². The highest BCUT2D eigenvalue weighted by molar-refractivity contribution is 6.09. The molecule has 8 nitrogen and oxygen atoms in total. The second kappa shape index (κ2) is 6.82. The molecule has 1 fully saturated rings. The Morgan fingerprint density at radius 1 is 1.31 bits per heavy atom. The van der Waals surface area contributed by atoms with Crippen molar-refractivity contribution in [3.05, 3.63) is 23.3 Å². The van der Waals surface area contributed by atoms with E-state index in [0.29, 0.717) is 11.5 Å². The van der Waals surface area contributed by atoms with Gasteiger partial charge in [0.05, 0.1) is 11.3 Å². The van der Waals surface area contributed by atoms with Crippen LogP contribution in [0.25, 0.3) is 0 Å². The summed E-state index contributed by atoms with van der Waals surface area (Å²) in [5.41, 5.74) is 2.03. The zero-order valence-electron chi connectivity index (χ0n) is 15.5. The van der Waals surface area contributed by atoms with Crippen LogP contribution in [0.2, 0.25) is 0 Å². The normalized spacial score (nSPS) is 22.3. The molecule has 1 unspecified atom stereocenters. The van der Waals surface area contributed by atoms with E-state index in [1.54, 1.807) is 11.8 Å². The molecular formula is C18H19F3N4O4. The van der Waals surface area contributed by atoms with Crippen molar-refractivity contribution in [2.75, 3.05) is 24.6 Å². The van der Waals surface area contributed by atoms with Crippen molar-refractivity contribution in [3.63, 3.8) is 0 Å². The van der Waals surface area contributed by atoms with Gasteiger partial charge in [0.15, 0.2) is 5.84 Å². The molecule has 3 aliphatic rings. The van der Waals surface area contributed by atoms with E-state index in [0.717, 1.165) is 6.07 Å². The number of halogens is 3. The van der Waals surface area contributed by atoms with E-state index in [2.05, 4.69) is 10.5 Å². The van der Waals surface area contributed by atoms with Crippen molar-refractivity contribution in [2.45, 2.75) is 37.9 Å². The number of benzene rings is 1. The summed E-state index contributed by atoms with van der Waals surface area (Å²) in [5, 5.41) is 13.0. The molecule has 11 heteroatoms. The van der Waals surface area contributed by atoms with Crippen LogP contribution in [0.5, 0.6) is 5.75 Å². The van der Waals surface area contributed by atoms with Crippen molar-refractivity contribution in [1.29, 1.82) is 0 Å². The molecule has 1 aromatic carbocycles. The zero-order chi connectivity index (χ0) is 20.9. The number of amides is 2. The number of alkyl halides is 3. The van der Waals surface area contributed by atoms with Crippen LogP contribution in [-0.2, 0) is 11.0 Å². The number of fused-ring (bicyclic) bond motifs is 3. The number of likely N-dealkylation sites (tertiary alicyclic amines) is 1. The van der Waals surface area contributed by atoms with E-state index in [4.69, 9.17) is 9.84 Å². The first kappa shape index (κ1) is 19.3. The molecule has 0 spiro atoms. The number of carboxylic acid groups (broad SMARTS) is 1. The topological polar surface area (TPSA) is 94.5 Å². The van der Waals surface area contributed by atoms with E-state index in [9.17, 15) is 22.8 Å². The van der Waals surface area contributed by atoms with Crippen LogP contribution in [0.3, 0.4) is 0 Å². The molecule has 2 N–H and O–H groups in total. The summed E-state index contributed by atoms with van der Waals surface area (Å²) in [7, 11) is 0. The maximum Gasteiger partial charge on any atom is 0.416 e. The first-order valence-corrected chi connectivity index (χ1v) is 9.18. The summed E-state index contributed by atoms with van der Waals surface area (Å²) in [6.45, 7) is 1.92. The minimum atomic E-state index is -4.59. The Labute approximate surface area is 163 Å². The van der Waals surface area contributed by atoms with Gasteiger partial charge < -0.3 is 19.6 Å². The number of nitrogens with one attached hydrogen (secondary N) is 1. The Morgan fingerprint density at radius 3 is 2.62 bits per heavy atom. The number of hydrogen-bond acceptors (Lipinski definition) is 5. The van der Waals surface area contributed by atoms with Crippen LogP contribution in [0.1, 0.15) is 36.8 Å². The Kier molecular flexibility index (Phi) is 4.55. The number of carbonyl (C=O) groups is 2. The fourth-order valence-electron chi connectivity index (χ4n) is 4.05. The number of anilines is 1. The van der Waals surface area contributed by atoms with Gasteiger partial charge >= 0.3 is 12.3 Å². The molecule has 29 heavy (non-hydrogen) atoms. The molecule has 1 aromatic rings. The molecule has 0 aliphatic carbocycles. The number of ether oxygens (including phenoxy) is 1. The van der Waals surface area contributed by atoms with Crippen LogP contribution >= 0.6 is 0 Å². The first-order chi connectivity index (χ1) is 13.7. The van der Waals surface area contributed by atoms with Crippen molar-refractivity contribution in [3.8, 4) is 5.75 Å². The van der Waals surface area contributed by atoms with Crippen LogP contribution in [0, 0.1) is 0 Å². The SMILES string of the molecule is CC1C(=O)NN=C2COc3cc(C(F)(F)F)c(C4CCN(C(=O)O)CC4)cc3N21. The molecule has 0 bridgehead atoms. The van der Waals surface area contributed by atoms with Gasteiger partial charge in [-0.3, -0.25) is 4.79 Å². The fraction of sp³-hybridized carbons (Fsp3) is 0.500.